The van der Waals surface area contributed by atoms with Crippen LogP contribution in [0.1, 0.15) is 41.1 Å². The third kappa shape index (κ3) is 6.40. The first-order valence-electron chi connectivity index (χ1n) is 14.2. The van der Waals surface area contributed by atoms with Gasteiger partial charge in [0, 0.05) is 31.4 Å². The highest BCUT2D eigenvalue weighted by Crippen LogP contribution is 2.38. The Morgan fingerprint density at radius 2 is 1.65 bits per heavy atom. The Balaban J connectivity index is 1.30. The van der Waals surface area contributed by atoms with Gasteiger partial charge < -0.3 is 29.9 Å². The molecule has 0 aliphatic carbocycles. The molecular weight excluding hydrogens is 548 g/mol. The molecule has 3 N–H and O–H groups in total. The smallest absolute Gasteiger partial charge is 0.254 e. The number of hydrogen-bond donors (Lipinski definition) is 3. The van der Waals surface area contributed by atoms with Gasteiger partial charge in [0.1, 0.15) is 0 Å². The summed E-state index contributed by atoms with van der Waals surface area (Å²) in [6, 6.07) is 22.4. The molecule has 10 nitrogen and oxygen atoms in total. The van der Waals surface area contributed by atoms with Gasteiger partial charge in [-0.3, -0.25) is 9.59 Å². The Bertz CT molecular complexity index is 1540. The van der Waals surface area contributed by atoms with Gasteiger partial charge in [0.05, 0.1) is 25.9 Å². The van der Waals surface area contributed by atoms with Crippen molar-refractivity contribution in [3.8, 4) is 17.2 Å². The van der Waals surface area contributed by atoms with E-state index in [1.54, 1.807) is 32.0 Å². The molecule has 2 heterocycles. The molecule has 3 aromatic carbocycles. The highest BCUT2D eigenvalue weighted by molar-refractivity contribution is 5.91. The zero-order valence-corrected chi connectivity index (χ0v) is 24.4. The molecule has 43 heavy (non-hydrogen) atoms. The van der Waals surface area contributed by atoms with Crippen molar-refractivity contribution >= 4 is 11.8 Å². The number of amides is 2. The van der Waals surface area contributed by atoms with Gasteiger partial charge in [0.2, 0.25) is 0 Å². The summed E-state index contributed by atoms with van der Waals surface area (Å²) in [7, 11) is 3.15. The number of aromatic nitrogens is 2. The van der Waals surface area contributed by atoms with E-state index in [0.29, 0.717) is 17.9 Å². The SMILES string of the molecule is COc1cc2c(cc1OC)[C@H](c1ccccc1)CN(C(=O)[C@H](O)[C@@H](O)C(=O)N[C@H](C)c1ccc(-n3cccn3)cc1)CC2. The summed E-state index contributed by atoms with van der Waals surface area (Å²) in [5.74, 6) is -0.613. The molecule has 5 rings (SSSR count). The van der Waals surface area contributed by atoms with Crippen LogP contribution in [0.5, 0.6) is 11.5 Å². The van der Waals surface area contributed by atoms with E-state index in [4.69, 9.17) is 9.47 Å². The fourth-order valence-corrected chi connectivity index (χ4v) is 5.50. The molecule has 4 atom stereocenters. The van der Waals surface area contributed by atoms with Crippen LogP contribution in [0.3, 0.4) is 0 Å². The average molecular weight is 585 g/mol. The van der Waals surface area contributed by atoms with Crippen LogP contribution in [-0.2, 0) is 16.0 Å². The van der Waals surface area contributed by atoms with E-state index in [-0.39, 0.29) is 19.0 Å². The van der Waals surface area contributed by atoms with Crippen LogP contribution in [0, 0.1) is 0 Å². The van der Waals surface area contributed by atoms with Crippen LogP contribution in [0.25, 0.3) is 5.69 Å². The highest BCUT2D eigenvalue weighted by Gasteiger charge is 2.36. The Kier molecular flexibility index (Phi) is 9.08. The molecule has 224 valence electrons. The summed E-state index contributed by atoms with van der Waals surface area (Å²) >= 11 is 0. The van der Waals surface area contributed by atoms with Crippen molar-refractivity contribution < 1.29 is 29.3 Å². The van der Waals surface area contributed by atoms with Gasteiger partial charge in [-0.15, -0.1) is 0 Å². The van der Waals surface area contributed by atoms with Crippen molar-refractivity contribution in [2.75, 3.05) is 27.3 Å². The van der Waals surface area contributed by atoms with Gasteiger partial charge in [0.15, 0.2) is 23.7 Å². The predicted molar refractivity (Wildman–Crippen MR) is 160 cm³/mol. The maximum Gasteiger partial charge on any atom is 0.254 e. The normalized spacial score (nSPS) is 16.8. The quantitative estimate of drug-likeness (QED) is 0.276. The van der Waals surface area contributed by atoms with Crippen LogP contribution in [-0.4, -0.2) is 76.2 Å². The van der Waals surface area contributed by atoms with Crippen LogP contribution >= 0.6 is 0 Å². The lowest BCUT2D eigenvalue weighted by Crippen LogP contribution is -2.51. The Morgan fingerprint density at radius 3 is 2.30 bits per heavy atom. The molecule has 0 fully saturated rings. The van der Waals surface area contributed by atoms with Crippen molar-refractivity contribution in [2.24, 2.45) is 0 Å². The summed E-state index contributed by atoms with van der Waals surface area (Å²) in [6.45, 7) is 2.30. The number of rotatable bonds is 9. The second-order valence-corrected chi connectivity index (χ2v) is 10.6. The molecular formula is C33H36N4O6. The Hall–Kier alpha value is -4.67. The zero-order chi connectivity index (χ0) is 30.5. The van der Waals surface area contributed by atoms with E-state index in [1.165, 1.54) is 4.90 Å². The molecule has 0 bridgehead atoms. The highest BCUT2D eigenvalue weighted by atomic mass is 16.5. The lowest BCUT2D eigenvalue weighted by Gasteiger charge is -2.29. The second kappa shape index (κ2) is 13.1. The molecule has 10 heteroatoms. The molecule has 0 spiro atoms. The number of nitrogens with one attached hydrogen (secondary N) is 1. The number of carbonyl (C=O) groups is 2. The van der Waals surface area contributed by atoms with Gasteiger partial charge in [-0.05, 0) is 65.9 Å². The lowest BCUT2D eigenvalue weighted by molar-refractivity contribution is -0.153. The number of fused-ring (bicyclic) bond motifs is 1. The van der Waals surface area contributed by atoms with Crippen molar-refractivity contribution in [3.63, 3.8) is 0 Å². The van der Waals surface area contributed by atoms with Gasteiger partial charge >= 0.3 is 0 Å². The minimum absolute atomic E-state index is 0.231. The van der Waals surface area contributed by atoms with Crippen molar-refractivity contribution in [3.05, 3.63) is 107 Å². The van der Waals surface area contributed by atoms with E-state index in [1.807, 2.05) is 79.0 Å². The lowest BCUT2D eigenvalue weighted by atomic mass is 9.87. The number of nitrogens with zero attached hydrogens (tertiary/aromatic N) is 3. The fraction of sp³-hybridized carbons (Fsp3) is 0.303. The number of hydrogen-bond acceptors (Lipinski definition) is 7. The number of benzene rings is 3. The van der Waals surface area contributed by atoms with Gasteiger partial charge in [-0.1, -0.05) is 42.5 Å². The molecule has 1 aliphatic rings. The van der Waals surface area contributed by atoms with Crippen LogP contribution in [0.2, 0.25) is 0 Å². The van der Waals surface area contributed by atoms with Crippen LogP contribution in [0.4, 0.5) is 0 Å². The minimum atomic E-state index is -1.95. The predicted octanol–water partition coefficient (Wildman–Crippen LogP) is 3.01. The van der Waals surface area contributed by atoms with Gasteiger partial charge in [-0.25, -0.2) is 4.68 Å². The Labute approximate surface area is 250 Å². The summed E-state index contributed by atoms with van der Waals surface area (Å²) in [5, 5.41) is 28.6. The van der Waals surface area contributed by atoms with Gasteiger partial charge in [0.25, 0.3) is 11.8 Å². The third-order valence-electron chi connectivity index (χ3n) is 7.93. The molecule has 0 saturated carbocycles. The van der Waals surface area contributed by atoms with Gasteiger partial charge in [-0.2, -0.15) is 5.10 Å². The first-order valence-corrected chi connectivity index (χ1v) is 14.2. The number of aliphatic hydroxyl groups is 2. The summed E-state index contributed by atoms with van der Waals surface area (Å²) < 4.78 is 12.8. The van der Waals surface area contributed by atoms with Crippen LogP contribution < -0.4 is 14.8 Å². The molecule has 2 amide bonds. The largest absolute Gasteiger partial charge is 0.493 e. The van der Waals surface area contributed by atoms with E-state index < -0.39 is 30.1 Å². The second-order valence-electron chi connectivity index (χ2n) is 10.6. The van der Waals surface area contributed by atoms with Crippen molar-refractivity contribution in [2.45, 2.75) is 37.5 Å². The van der Waals surface area contributed by atoms with Crippen molar-refractivity contribution in [1.82, 2.24) is 20.0 Å². The number of ether oxygens (including phenoxy) is 2. The van der Waals surface area contributed by atoms with E-state index in [2.05, 4.69) is 10.4 Å². The average Bonchev–Trinajstić information content (AvgIpc) is 3.52. The third-order valence-corrected chi connectivity index (χ3v) is 7.93. The molecule has 4 aromatic rings. The molecule has 1 aromatic heterocycles. The number of carbonyl (C=O) groups excluding carboxylic acids is 2. The van der Waals surface area contributed by atoms with Crippen LogP contribution in [0.15, 0.2) is 85.2 Å². The van der Waals surface area contributed by atoms with E-state index >= 15 is 0 Å². The summed E-state index contributed by atoms with van der Waals surface area (Å²) in [5.41, 5.74) is 4.61. The molecule has 0 radical (unpaired) electrons. The van der Waals surface area contributed by atoms with E-state index in [0.717, 1.165) is 27.9 Å². The monoisotopic (exact) mass is 584 g/mol. The zero-order valence-electron chi connectivity index (χ0n) is 24.4. The Morgan fingerprint density at radius 1 is 0.953 bits per heavy atom. The molecule has 0 unspecified atom stereocenters. The molecule has 0 saturated heterocycles. The van der Waals surface area contributed by atoms with E-state index in [9.17, 15) is 19.8 Å². The summed E-state index contributed by atoms with van der Waals surface area (Å²) in [6.07, 6.45) is 0.125. The number of methoxy groups -OCH3 is 2. The topological polar surface area (TPSA) is 126 Å². The maximum atomic E-state index is 13.6. The first kappa shape index (κ1) is 29.8. The summed E-state index contributed by atoms with van der Waals surface area (Å²) in [4.78, 5) is 28.0. The maximum absolute atomic E-state index is 13.6. The molecule has 1 aliphatic heterocycles. The van der Waals surface area contributed by atoms with Crippen molar-refractivity contribution in [1.29, 1.82) is 0 Å². The fourth-order valence-electron chi connectivity index (χ4n) is 5.50. The minimum Gasteiger partial charge on any atom is -0.493 e. The number of aliphatic hydroxyl groups excluding tert-OH is 2. The first-order chi connectivity index (χ1) is 20.8. The standard InChI is InChI=1S/C33H36N4O6/c1-21(22-10-12-25(13-11-22)37-16-7-15-34-37)35-32(40)30(38)31(39)33(41)36-17-14-24-18-28(42-2)29(43-3)19-26(24)27(20-36)23-8-5-4-6-9-23/h4-13,15-16,18-19,21,27,30-31,38-39H,14,17,20H2,1-3H3,(H,35,40)/t21-,27+,30-,31-/m1/s1.